The largest absolute Gasteiger partial charge is 1.00 e. The zero-order valence-electron chi connectivity index (χ0n) is 18.1. The van der Waals surface area contributed by atoms with E-state index < -0.39 is 59.8 Å². The minimum Gasteiger partial charge on any atom is -0.550 e. The summed E-state index contributed by atoms with van der Waals surface area (Å²) in [6.45, 7) is -0.279. The van der Waals surface area contributed by atoms with Crippen LogP contribution in [-0.4, -0.2) is 44.1 Å². The molecular weight excluding hydrogens is 459 g/mol. The van der Waals surface area contributed by atoms with Crippen molar-refractivity contribution in [2.75, 3.05) is 32.6 Å². The van der Waals surface area contributed by atoms with Gasteiger partial charge in [-0.2, -0.15) is 0 Å². The van der Waals surface area contributed by atoms with Gasteiger partial charge < -0.3 is 24.7 Å². The maximum Gasteiger partial charge on any atom is 1.00 e. The first kappa shape index (κ1) is 26.9. The molecule has 0 saturated carbocycles. The quantitative estimate of drug-likeness (QED) is 0.310. The molecule has 1 aliphatic heterocycles. The molecule has 2 aromatic rings. The zero-order valence-corrected chi connectivity index (χ0v) is 20.1. The van der Waals surface area contributed by atoms with Crippen molar-refractivity contribution in [2.45, 2.75) is 18.9 Å². The number of nitrogens with zero attached hydrogens (tertiary/aromatic N) is 1. The van der Waals surface area contributed by atoms with Crippen molar-refractivity contribution in [2.24, 2.45) is 0 Å². The van der Waals surface area contributed by atoms with Gasteiger partial charge in [-0.25, -0.2) is 17.6 Å². The third-order valence-corrected chi connectivity index (χ3v) is 5.20. The predicted molar refractivity (Wildman–Crippen MR) is 102 cm³/mol. The van der Waals surface area contributed by atoms with E-state index in [1.54, 1.807) is 12.1 Å². The van der Waals surface area contributed by atoms with Crippen LogP contribution in [0.4, 0.5) is 23.2 Å². The van der Waals surface area contributed by atoms with E-state index in [1.807, 2.05) is 5.32 Å². The van der Waals surface area contributed by atoms with Crippen LogP contribution >= 0.6 is 0 Å². The van der Waals surface area contributed by atoms with Gasteiger partial charge in [-0.1, -0.05) is 0 Å². The van der Waals surface area contributed by atoms with Crippen LogP contribution in [-0.2, 0) is 16.0 Å². The van der Waals surface area contributed by atoms with Crippen molar-refractivity contribution in [3.05, 3.63) is 52.6 Å². The van der Waals surface area contributed by atoms with Gasteiger partial charge >= 0.3 is 29.6 Å². The van der Waals surface area contributed by atoms with Crippen LogP contribution in [0, 0.1) is 23.3 Å². The molecule has 2 aromatic carbocycles. The average molecular weight is 478 g/mol. The number of anilines is 1. The summed E-state index contributed by atoms with van der Waals surface area (Å²) < 4.78 is 65.0. The van der Waals surface area contributed by atoms with Gasteiger partial charge in [0.05, 0.1) is 20.8 Å². The van der Waals surface area contributed by atoms with Crippen molar-refractivity contribution < 1.29 is 71.3 Å². The van der Waals surface area contributed by atoms with Crippen LogP contribution in [0.1, 0.15) is 23.6 Å². The number of ether oxygens (including phenoxy) is 2. The number of halogens is 4. The Kier molecular flexibility index (Phi) is 9.12. The predicted octanol–water partition coefficient (Wildman–Crippen LogP) is -1.06. The molecule has 0 aliphatic carbocycles. The van der Waals surface area contributed by atoms with Gasteiger partial charge in [-0.3, -0.25) is 9.69 Å². The van der Waals surface area contributed by atoms with E-state index in [9.17, 15) is 32.3 Å². The number of aliphatic carboxylic acids is 1. The maximum absolute atomic E-state index is 13.9. The number of rotatable bonds is 7. The van der Waals surface area contributed by atoms with Crippen LogP contribution in [0.2, 0.25) is 0 Å². The fraction of sp³-hybridized carbons (Fsp3) is 0.333. The molecule has 172 valence electrons. The molecular formula is C21H19F4N2NaO5. The van der Waals surface area contributed by atoms with E-state index in [0.717, 1.165) is 5.56 Å². The average Bonchev–Trinajstić information content (AvgIpc) is 2.75. The molecule has 0 fully saturated rings. The van der Waals surface area contributed by atoms with E-state index in [-0.39, 0.29) is 42.2 Å². The van der Waals surface area contributed by atoms with Gasteiger partial charge in [0.15, 0.2) is 34.8 Å². The third kappa shape index (κ3) is 5.78. The third-order valence-electron chi connectivity index (χ3n) is 5.20. The van der Waals surface area contributed by atoms with Crippen molar-refractivity contribution >= 4 is 17.6 Å². The van der Waals surface area contributed by atoms with Crippen LogP contribution in [0.15, 0.2) is 18.2 Å². The number of hydrogen-bond donors (Lipinski definition) is 1. The van der Waals surface area contributed by atoms with E-state index in [4.69, 9.17) is 9.47 Å². The Morgan fingerprint density at radius 3 is 2.18 bits per heavy atom. The number of benzene rings is 2. The van der Waals surface area contributed by atoms with E-state index in [1.165, 1.54) is 19.1 Å². The fourth-order valence-corrected chi connectivity index (χ4v) is 3.71. The number of amides is 1. The van der Waals surface area contributed by atoms with Crippen molar-refractivity contribution in [1.29, 1.82) is 0 Å². The first-order chi connectivity index (χ1) is 15.2. The smallest absolute Gasteiger partial charge is 0.550 e. The molecule has 0 bridgehead atoms. The van der Waals surface area contributed by atoms with Crippen LogP contribution in [0.3, 0.4) is 0 Å². The molecule has 7 nitrogen and oxygen atoms in total. The molecule has 0 aromatic heterocycles. The van der Waals surface area contributed by atoms with Crippen LogP contribution < -0.4 is 49.5 Å². The minimum absolute atomic E-state index is 0. The minimum atomic E-state index is -1.75. The zero-order chi connectivity index (χ0) is 23.6. The molecule has 1 atom stereocenters. The van der Waals surface area contributed by atoms with E-state index >= 15 is 0 Å². The molecule has 12 heteroatoms. The molecule has 0 radical (unpaired) electrons. The van der Waals surface area contributed by atoms with Crippen molar-refractivity contribution in [3.63, 3.8) is 0 Å². The molecule has 1 heterocycles. The Morgan fingerprint density at radius 2 is 1.64 bits per heavy atom. The fourth-order valence-electron chi connectivity index (χ4n) is 3.71. The summed E-state index contributed by atoms with van der Waals surface area (Å²) in [5.41, 5.74) is 0.0719. The SMILES string of the molecule is COc1cc2c(cc1OC)C(CC(=O)[O-])N(CC(=O)Nc1c(F)c(F)cc(F)c1F)CC2.[Na+]. The second-order valence-electron chi connectivity index (χ2n) is 7.11. The topological polar surface area (TPSA) is 90.9 Å². The Bertz CT molecular complexity index is 1040. The maximum atomic E-state index is 13.9. The van der Waals surface area contributed by atoms with E-state index in [2.05, 4.69) is 0 Å². The molecule has 1 amide bonds. The number of fused-ring (bicyclic) bond motifs is 1. The molecule has 0 saturated heterocycles. The molecule has 1 N–H and O–H groups in total. The summed E-state index contributed by atoms with van der Waals surface area (Å²) in [5.74, 6) is -8.39. The van der Waals surface area contributed by atoms with Crippen LogP contribution in [0.25, 0.3) is 0 Å². The summed E-state index contributed by atoms with van der Waals surface area (Å²) >= 11 is 0. The van der Waals surface area contributed by atoms with Gasteiger partial charge in [0.1, 0.15) is 5.69 Å². The number of carboxylic acid groups (broad SMARTS) is 1. The number of carbonyl (C=O) groups is 2. The number of nitrogens with one attached hydrogen (secondary N) is 1. The second kappa shape index (κ2) is 11.2. The monoisotopic (exact) mass is 478 g/mol. The van der Waals surface area contributed by atoms with Crippen molar-refractivity contribution in [1.82, 2.24) is 4.90 Å². The molecule has 1 aliphatic rings. The summed E-state index contributed by atoms with van der Waals surface area (Å²) in [5, 5.41) is 13.2. The number of carbonyl (C=O) groups excluding carboxylic acids is 2. The summed E-state index contributed by atoms with van der Waals surface area (Å²) in [4.78, 5) is 25.3. The Labute approximate surface area is 208 Å². The first-order valence-electron chi connectivity index (χ1n) is 9.47. The second-order valence-corrected chi connectivity index (χ2v) is 7.11. The number of hydrogen-bond acceptors (Lipinski definition) is 6. The summed E-state index contributed by atoms with van der Waals surface area (Å²) in [6, 6.07) is 2.49. The first-order valence-corrected chi connectivity index (χ1v) is 9.47. The van der Waals surface area contributed by atoms with Gasteiger partial charge in [0.25, 0.3) is 0 Å². The van der Waals surface area contributed by atoms with Gasteiger partial charge in [-0.15, -0.1) is 0 Å². The number of carboxylic acids is 1. The number of methoxy groups -OCH3 is 2. The Balaban J connectivity index is 0.00000385. The van der Waals surface area contributed by atoms with Gasteiger partial charge in [0, 0.05) is 31.0 Å². The normalized spacial score (nSPS) is 15.3. The van der Waals surface area contributed by atoms with Crippen LogP contribution in [0.5, 0.6) is 11.5 Å². The molecule has 1 unspecified atom stereocenters. The van der Waals surface area contributed by atoms with Gasteiger partial charge in [0.2, 0.25) is 5.91 Å². The standard InChI is InChI=1S/C21H20F4N2O5.Na/c1-31-15-5-10-3-4-27(14(8-18(29)30)11(10)6-16(15)32-2)9-17(28)26-21-19(24)12(22)7-13(23)20(21)25;/h5-7,14H,3-4,8-9H2,1-2H3,(H,26,28)(H,29,30);/q;+1/p-1. The molecule has 33 heavy (non-hydrogen) atoms. The summed E-state index contributed by atoms with van der Waals surface area (Å²) in [6.07, 6.45) is -0.0725. The van der Waals surface area contributed by atoms with Gasteiger partial charge in [-0.05, 0) is 29.7 Å². The summed E-state index contributed by atoms with van der Waals surface area (Å²) in [7, 11) is 2.86. The Hall–Kier alpha value is -2.34. The van der Waals surface area contributed by atoms with E-state index in [0.29, 0.717) is 23.5 Å². The van der Waals surface area contributed by atoms with Crippen molar-refractivity contribution in [3.8, 4) is 11.5 Å². The molecule has 0 spiro atoms. The Morgan fingerprint density at radius 1 is 1.06 bits per heavy atom. The molecule has 3 rings (SSSR count).